The van der Waals surface area contributed by atoms with Crippen LogP contribution in [0, 0.1) is 3.57 Å². The highest BCUT2D eigenvalue weighted by atomic mass is 127. The number of carbonyl (C=O) groups excluding carboxylic acids is 1. The van der Waals surface area contributed by atoms with E-state index >= 15 is 0 Å². The molecule has 2 aromatic rings. The molecule has 0 unspecified atom stereocenters. The zero-order chi connectivity index (χ0) is 13.1. The van der Waals surface area contributed by atoms with Gasteiger partial charge >= 0.3 is 4.87 Å². The molecule has 1 heterocycles. The van der Waals surface area contributed by atoms with Crippen molar-refractivity contribution >= 4 is 51.4 Å². The monoisotopic (exact) mass is 394 g/mol. The summed E-state index contributed by atoms with van der Waals surface area (Å²) < 4.78 is 0.827. The molecule has 0 fully saturated rings. The summed E-state index contributed by atoms with van der Waals surface area (Å²) in [7, 11) is 0. The summed E-state index contributed by atoms with van der Waals surface area (Å²) in [6.07, 6.45) is 0. The first-order chi connectivity index (χ1) is 8.56. The third-order valence-electron chi connectivity index (χ3n) is 2.18. The quantitative estimate of drug-likeness (QED) is 0.786. The summed E-state index contributed by atoms with van der Waals surface area (Å²) in [5, 5.41) is 4.93. The fraction of sp³-hybridized carbons (Fsp3) is 0.0909. The van der Waals surface area contributed by atoms with Gasteiger partial charge in [-0.1, -0.05) is 22.9 Å². The van der Waals surface area contributed by atoms with Crippen LogP contribution in [0.2, 0.25) is 5.02 Å². The van der Waals surface area contributed by atoms with E-state index in [1.54, 1.807) is 23.6 Å². The van der Waals surface area contributed by atoms with Gasteiger partial charge in [0.2, 0.25) is 0 Å². The van der Waals surface area contributed by atoms with Gasteiger partial charge < -0.3 is 10.3 Å². The Kier molecular flexibility index (Phi) is 4.41. The number of hydrogen-bond acceptors (Lipinski definition) is 3. The summed E-state index contributed by atoms with van der Waals surface area (Å²) in [5.41, 5.74) is 1.22. The van der Waals surface area contributed by atoms with E-state index in [0.29, 0.717) is 22.8 Å². The molecule has 0 bridgehead atoms. The van der Waals surface area contributed by atoms with Crippen molar-refractivity contribution in [2.75, 3.05) is 0 Å². The number of hydrogen-bond donors (Lipinski definition) is 2. The first kappa shape index (κ1) is 13.6. The second-order valence-corrected chi connectivity index (χ2v) is 5.92. The van der Waals surface area contributed by atoms with Crippen LogP contribution >= 0.6 is 45.5 Å². The van der Waals surface area contributed by atoms with E-state index < -0.39 is 0 Å². The molecule has 4 nitrogen and oxygen atoms in total. The fourth-order valence-corrected chi connectivity index (χ4v) is 2.68. The number of aromatic amines is 1. The molecule has 1 amide bonds. The number of H-pyrrole nitrogens is 1. The molecule has 1 aromatic carbocycles. The normalized spacial score (nSPS) is 10.3. The van der Waals surface area contributed by atoms with Gasteiger partial charge in [-0.25, -0.2) is 0 Å². The number of aromatic nitrogens is 1. The van der Waals surface area contributed by atoms with Crippen LogP contribution in [0.4, 0.5) is 0 Å². The molecule has 1 aromatic heterocycles. The first-order valence-corrected chi connectivity index (χ1v) is 7.30. The molecule has 7 heteroatoms. The van der Waals surface area contributed by atoms with Crippen molar-refractivity contribution in [2.45, 2.75) is 6.54 Å². The number of thiazole rings is 1. The maximum absolute atomic E-state index is 11.9. The highest BCUT2D eigenvalue weighted by molar-refractivity contribution is 14.1. The van der Waals surface area contributed by atoms with Crippen LogP contribution in [-0.4, -0.2) is 10.9 Å². The van der Waals surface area contributed by atoms with E-state index in [2.05, 4.69) is 32.9 Å². The minimum atomic E-state index is -0.214. The molecule has 94 valence electrons. The van der Waals surface area contributed by atoms with Crippen LogP contribution in [0.3, 0.4) is 0 Å². The van der Waals surface area contributed by atoms with Crippen molar-refractivity contribution in [3.63, 3.8) is 0 Å². The van der Waals surface area contributed by atoms with Gasteiger partial charge in [-0.05, 0) is 40.8 Å². The van der Waals surface area contributed by atoms with Gasteiger partial charge in [0.1, 0.15) is 0 Å². The van der Waals surface area contributed by atoms with Crippen molar-refractivity contribution in [2.24, 2.45) is 0 Å². The number of benzene rings is 1. The Balaban J connectivity index is 2.08. The zero-order valence-electron chi connectivity index (χ0n) is 9.00. The molecule has 0 saturated heterocycles. The SMILES string of the molecule is O=C(NCc1csc(=O)[nH]1)c1cc(Cl)ccc1I. The fourth-order valence-electron chi connectivity index (χ4n) is 1.34. The number of halogens is 2. The van der Waals surface area contributed by atoms with Crippen molar-refractivity contribution in [3.05, 3.63) is 53.1 Å². The number of nitrogens with one attached hydrogen (secondary N) is 2. The van der Waals surface area contributed by atoms with Gasteiger partial charge in [-0.2, -0.15) is 0 Å². The molecule has 0 aliphatic carbocycles. The lowest BCUT2D eigenvalue weighted by molar-refractivity contribution is 0.0949. The van der Waals surface area contributed by atoms with E-state index in [9.17, 15) is 9.59 Å². The Bertz CT molecular complexity index is 638. The molecule has 18 heavy (non-hydrogen) atoms. The summed E-state index contributed by atoms with van der Waals surface area (Å²) in [6.45, 7) is 0.292. The standard InChI is InChI=1S/C11H8ClIN2O2S/c12-6-1-2-9(13)8(3-6)10(16)14-4-7-5-18-11(17)15-7/h1-3,5H,4H2,(H,14,16)(H,15,17). The second kappa shape index (κ2) is 5.85. The highest BCUT2D eigenvalue weighted by Gasteiger charge is 2.10. The van der Waals surface area contributed by atoms with Crippen LogP contribution in [0.15, 0.2) is 28.4 Å². The average molecular weight is 395 g/mol. The molecule has 2 N–H and O–H groups in total. The zero-order valence-corrected chi connectivity index (χ0v) is 12.7. The van der Waals surface area contributed by atoms with Crippen LogP contribution in [0.25, 0.3) is 0 Å². The van der Waals surface area contributed by atoms with Gasteiger partial charge in [0.25, 0.3) is 5.91 Å². The summed E-state index contributed by atoms with van der Waals surface area (Å²) in [5.74, 6) is -0.214. The van der Waals surface area contributed by atoms with E-state index in [1.165, 1.54) is 0 Å². The van der Waals surface area contributed by atoms with E-state index in [4.69, 9.17) is 11.6 Å². The largest absolute Gasteiger partial charge is 0.346 e. The Labute approximate surface area is 126 Å². The molecule has 0 spiro atoms. The number of rotatable bonds is 3. The number of carbonyl (C=O) groups is 1. The molecule has 0 aliphatic heterocycles. The predicted molar refractivity (Wildman–Crippen MR) is 80.3 cm³/mol. The van der Waals surface area contributed by atoms with Crippen molar-refractivity contribution in [1.29, 1.82) is 0 Å². The lowest BCUT2D eigenvalue weighted by Gasteiger charge is -2.06. The molecule has 0 radical (unpaired) electrons. The Hall–Kier alpha value is -0.860. The Morgan fingerprint density at radius 1 is 1.50 bits per heavy atom. The van der Waals surface area contributed by atoms with Crippen molar-refractivity contribution in [3.8, 4) is 0 Å². The Morgan fingerprint density at radius 2 is 2.28 bits per heavy atom. The minimum absolute atomic E-state index is 0.128. The molecule has 2 rings (SSSR count). The van der Waals surface area contributed by atoms with Gasteiger partial charge in [0.05, 0.1) is 12.1 Å². The topological polar surface area (TPSA) is 62.0 Å². The van der Waals surface area contributed by atoms with Crippen LogP contribution < -0.4 is 10.2 Å². The Morgan fingerprint density at radius 3 is 2.94 bits per heavy atom. The van der Waals surface area contributed by atoms with Gasteiger partial charge in [-0.3, -0.25) is 9.59 Å². The maximum Gasteiger partial charge on any atom is 0.304 e. The lowest BCUT2D eigenvalue weighted by atomic mass is 10.2. The highest BCUT2D eigenvalue weighted by Crippen LogP contribution is 2.17. The van der Waals surface area contributed by atoms with Crippen molar-refractivity contribution < 1.29 is 4.79 Å². The lowest BCUT2D eigenvalue weighted by Crippen LogP contribution is -2.24. The minimum Gasteiger partial charge on any atom is -0.346 e. The average Bonchev–Trinajstić information content (AvgIpc) is 2.75. The van der Waals surface area contributed by atoms with Crippen molar-refractivity contribution in [1.82, 2.24) is 10.3 Å². The molecule has 0 atom stereocenters. The van der Waals surface area contributed by atoms with Crippen LogP contribution in [0.5, 0.6) is 0 Å². The number of amides is 1. The third kappa shape index (κ3) is 3.33. The summed E-state index contributed by atoms with van der Waals surface area (Å²) in [6, 6.07) is 5.13. The predicted octanol–water partition coefficient (Wildman–Crippen LogP) is 2.62. The van der Waals surface area contributed by atoms with E-state index in [-0.39, 0.29) is 10.8 Å². The molecular weight excluding hydrogens is 387 g/mol. The van der Waals surface area contributed by atoms with E-state index in [1.807, 2.05) is 0 Å². The summed E-state index contributed by atoms with van der Waals surface area (Å²) in [4.78, 5) is 25.4. The van der Waals surface area contributed by atoms with Gasteiger partial charge in [0, 0.05) is 19.7 Å². The third-order valence-corrected chi connectivity index (χ3v) is 4.08. The van der Waals surface area contributed by atoms with Crippen LogP contribution in [0.1, 0.15) is 16.1 Å². The summed E-state index contributed by atoms with van der Waals surface area (Å²) >= 11 is 9.00. The van der Waals surface area contributed by atoms with E-state index in [0.717, 1.165) is 14.9 Å². The second-order valence-electron chi connectivity index (χ2n) is 3.48. The van der Waals surface area contributed by atoms with Gasteiger partial charge in [-0.15, -0.1) is 0 Å². The smallest absolute Gasteiger partial charge is 0.304 e. The molecule has 0 aliphatic rings. The first-order valence-electron chi connectivity index (χ1n) is 4.96. The maximum atomic E-state index is 11.9. The molecular formula is C11H8ClIN2O2S. The van der Waals surface area contributed by atoms with Crippen LogP contribution in [-0.2, 0) is 6.54 Å². The van der Waals surface area contributed by atoms with Gasteiger partial charge in [0.15, 0.2) is 0 Å². The molecule has 0 saturated carbocycles.